The highest BCUT2D eigenvalue weighted by atomic mass is 32.2. The van der Waals surface area contributed by atoms with Crippen LogP contribution in [0.1, 0.15) is 11.7 Å². The van der Waals surface area contributed by atoms with Crippen molar-refractivity contribution in [2.75, 3.05) is 5.75 Å². The molecular weight excluding hydrogens is 296 g/mol. The van der Waals surface area contributed by atoms with Crippen molar-refractivity contribution in [2.45, 2.75) is 11.0 Å². The number of benzene rings is 2. The van der Waals surface area contributed by atoms with Crippen molar-refractivity contribution in [3.05, 3.63) is 71.8 Å². The molecule has 1 heterocycles. The standard InChI is InChI=1S/C17H14N2O2S/c18-19-15-14(11-22-13-9-5-2-6-10-13)16(21-17(15)20)12-7-3-1-4-8-12/h1-10,14,16H,11H2/t14-,16+/m0/s1. The summed E-state index contributed by atoms with van der Waals surface area (Å²) in [6.07, 6.45) is -0.407. The van der Waals surface area contributed by atoms with Crippen molar-refractivity contribution in [3.8, 4) is 0 Å². The molecule has 2 aromatic carbocycles. The van der Waals surface area contributed by atoms with Gasteiger partial charge in [-0.15, -0.1) is 11.8 Å². The van der Waals surface area contributed by atoms with Gasteiger partial charge in [-0.3, -0.25) is 0 Å². The second-order valence-corrected chi connectivity index (χ2v) is 6.05. The Labute approximate surface area is 132 Å². The highest BCUT2D eigenvalue weighted by Crippen LogP contribution is 2.36. The Morgan fingerprint density at radius 3 is 2.32 bits per heavy atom. The zero-order chi connectivity index (χ0) is 15.4. The summed E-state index contributed by atoms with van der Waals surface area (Å²) in [6.45, 7) is 0. The second kappa shape index (κ2) is 6.60. The van der Waals surface area contributed by atoms with Crippen LogP contribution < -0.4 is 0 Å². The van der Waals surface area contributed by atoms with E-state index in [1.807, 2.05) is 60.7 Å². The molecule has 0 radical (unpaired) electrons. The number of cyclic esters (lactones) is 1. The minimum atomic E-state index is -0.546. The van der Waals surface area contributed by atoms with Gasteiger partial charge in [0.2, 0.25) is 0 Å². The van der Waals surface area contributed by atoms with E-state index in [-0.39, 0.29) is 11.6 Å². The number of rotatable bonds is 4. The van der Waals surface area contributed by atoms with E-state index in [4.69, 9.17) is 10.3 Å². The van der Waals surface area contributed by atoms with Crippen LogP contribution >= 0.6 is 11.8 Å². The molecule has 3 rings (SSSR count). The molecule has 1 saturated heterocycles. The van der Waals surface area contributed by atoms with Gasteiger partial charge in [-0.1, -0.05) is 48.5 Å². The maximum Gasteiger partial charge on any atom is 0.418 e. The Morgan fingerprint density at radius 1 is 1.05 bits per heavy atom. The second-order valence-electron chi connectivity index (χ2n) is 4.95. The Kier molecular flexibility index (Phi) is 4.37. The summed E-state index contributed by atoms with van der Waals surface area (Å²) >= 11 is 1.61. The highest BCUT2D eigenvalue weighted by Gasteiger charge is 2.48. The van der Waals surface area contributed by atoms with Gasteiger partial charge in [-0.2, -0.15) is 4.79 Å². The van der Waals surface area contributed by atoms with Gasteiger partial charge in [-0.05, 0) is 17.7 Å². The van der Waals surface area contributed by atoms with Gasteiger partial charge in [0, 0.05) is 10.6 Å². The fourth-order valence-corrected chi connectivity index (χ4v) is 3.53. The van der Waals surface area contributed by atoms with Gasteiger partial charge in [0.15, 0.2) is 0 Å². The first-order valence-electron chi connectivity index (χ1n) is 6.95. The van der Waals surface area contributed by atoms with Crippen LogP contribution in [-0.4, -0.2) is 22.2 Å². The lowest BCUT2D eigenvalue weighted by atomic mass is 9.96. The summed E-state index contributed by atoms with van der Waals surface area (Å²) in [5.41, 5.74) is 10.2. The predicted molar refractivity (Wildman–Crippen MR) is 84.6 cm³/mol. The smallest absolute Gasteiger partial charge is 0.418 e. The lowest BCUT2D eigenvalue weighted by molar-refractivity contribution is -0.140. The van der Waals surface area contributed by atoms with E-state index in [2.05, 4.69) is 4.79 Å². The van der Waals surface area contributed by atoms with Crippen molar-refractivity contribution >= 4 is 23.4 Å². The number of nitrogens with zero attached hydrogens (tertiary/aromatic N) is 2. The fraction of sp³-hybridized carbons (Fsp3) is 0.176. The molecule has 5 heteroatoms. The molecule has 2 aromatic rings. The third kappa shape index (κ3) is 2.96. The van der Waals surface area contributed by atoms with Crippen LogP contribution in [0.5, 0.6) is 0 Å². The summed E-state index contributed by atoms with van der Waals surface area (Å²) in [5.74, 6) is -0.213. The van der Waals surface area contributed by atoms with Crippen LogP contribution in [0, 0.1) is 5.92 Å². The van der Waals surface area contributed by atoms with E-state index in [9.17, 15) is 4.79 Å². The minimum absolute atomic E-state index is 0.0947. The molecule has 0 bridgehead atoms. The lowest BCUT2D eigenvalue weighted by Gasteiger charge is -2.15. The first-order chi connectivity index (χ1) is 10.8. The summed E-state index contributed by atoms with van der Waals surface area (Å²) in [6, 6.07) is 19.5. The van der Waals surface area contributed by atoms with E-state index in [1.165, 1.54) is 0 Å². The molecule has 1 fully saturated rings. The summed E-state index contributed by atoms with van der Waals surface area (Å²) in [5, 5.41) is 0. The molecule has 0 amide bonds. The first kappa shape index (κ1) is 14.6. The number of carbonyl (C=O) groups is 1. The molecule has 0 N–H and O–H groups in total. The Balaban J connectivity index is 1.83. The summed E-state index contributed by atoms with van der Waals surface area (Å²) < 4.78 is 5.41. The van der Waals surface area contributed by atoms with Crippen LogP contribution in [0.15, 0.2) is 65.6 Å². The minimum Gasteiger partial charge on any atom is -0.448 e. The van der Waals surface area contributed by atoms with E-state index in [0.29, 0.717) is 5.75 Å². The predicted octanol–water partition coefficient (Wildman–Crippen LogP) is 3.36. The molecule has 0 aliphatic carbocycles. The molecule has 0 aromatic heterocycles. The molecule has 110 valence electrons. The molecule has 22 heavy (non-hydrogen) atoms. The Morgan fingerprint density at radius 2 is 1.68 bits per heavy atom. The van der Waals surface area contributed by atoms with Gasteiger partial charge in [0.1, 0.15) is 12.0 Å². The molecule has 1 aliphatic heterocycles. The Hall–Kier alpha value is -2.36. The van der Waals surface area contributed by atoms with E-state index >= 15 is 0 Å². The number of thioether (sulfide) groups is 1. The molecule has 2 atom stereocenters. The number of hydrogen-bond donors (Lipinski definition) is 0. The maximum absolute atomic E-state index is 11.9. The molecule has 0 saturated carbocycles. The van der Waals surface area contributed by atoms with Crippen LogP contribution in [-0.2, 0) is 9.53 Å². The van der Waals surface area contributed by atoms with Crippen molar-refractivity contribution in [2.24, 2.45) is 5.92 Å². The number of ether oxygens (including phenoxy) is 1. The fourth-order valence-electron chi connectivity index (χ4n) is 2.48. The maximum atomic E-state index is 11.9. The van der Waals surface area contributed by atoms with E-state index in [0.717, 1.165) is 10.5 Å². The third-order valence-corrected chi connectivity index (χ3v) is 4.70. The van der Waals surface area contributed by atoms with Crippen LogP contribution in [0.4, 0.5) is 0 Å². The Bertz CT molecular complexity index is 712. The molecule has 0 unspecified atom stereocenters. The topological polar surface area (TPSA) is 62.7 Å². The van der Waals surface area contributed by atoms with Gasteiger partial charge < -0.3 is 10.3 Å². The van der Waals surface area contributed by atoms with Gasteiger partial charge in [0.25, 0.3) is 0 Å². The van der Waals surface area contributed by atoms with Crippen molar-refractivity contribution in [1.29, 1.82) is 0 Å². The van der Waals surface area contributed by atoms with Crippen LogP contribution in [0.25, 0.3) is 5.53 Å². The van der Waals surface area contributed by atoms with E-state index < -0.39 is 12.1 Å². The van der Waals surface area contributed by atoms with Crippen molar-refractivity contribution < 1.29 is 14.3 Å². The zero-order valence-corrected chi connectivity index (χ0v) is 12.6. The molecule has 1 aliphatic rings. The van der Waals surface area contributed by atoms with E-state index in [1.54, 1.807) is 11.8 Å². The van der Waals surface area contributed by atoms with Gasteiger partial charge in [0.05, 0.1) is 0 Å². The third-order valence-electron chi connectivity index (χ3n) is 3.57. The molecule has 0 spiro atoms. The quantitative estimate of drug-likeness (QED) is 0.376. The van der Waals surface area contributed by atoms with Crippen molar-refractivity contribution in [3.63, 3.8) is 0 Å². The zero-order valence-electron chi connectivity index (χ0n) is 11.8. The lowest BCUT2D eigenvalue weighted by Crippen LogP contribution is -2.20. The first-order valence-corrected chi connectivity index (χ1v) is 7.94. The summed E-state index contributed by atoms with van der Waals surface area (Å²) in [7, 11) is 0. The summed E-state index contributed by atoms with van der Waals surface area (Å²) in [4.78, 5) is 16.2. The van der Waals surface area contributed by atoms with Gasteiger partial charge in [-0.25, -0.2) is 4.79 Å². The average Bonchev–Trinajstić information content (AvgIpc) is 2.90. The SMILES string of the molecule is [N-]=[N+]=C1C(=O)O[C@H](c2ccccc2)[C@H]1CSc1ccccc1. The number of carbonyl (C=O) groups excluding carboxylic acids is 1. The van der Waals surface area contributed by atoms with Crippen LogP contribution in [0.3, 0.4) is 0 Å². The monoisotopic (exact) mass is 310 g/mol. The average molecular weight is 310 g/mol. The normalized spacial score (nSPS) is 20.5. The van der Waals surface area contributed by atoms with Crippen molar-refractivity contribution in [1.82, 2.24) is 0 Å². The van der Waals surface area contributed by atoms with Gasteiger partial charge >= 0.3 is 11.7 Å². The number of esters is 1. The molecular formula is C17H14N2O2S. The highest BCUT2D eigenvalue weighted by molar-refractivity contribution is 7.99. The number of hydrogen-bond acceptors (Lipinski definition) is 3. The van der Waals surface area contributed by atoms with Crippen LogP contribution in [0.2, 0.25) is 0 Å². The molecule has 4 nitrogen and oxygen atoms in total. The largest absolute Gasteiger partial charge is 0.448 e.